The molecule has 1 aromatic rings. The van der Waals surface area contributed by atoms with Gasteiger partial charge in [0.15, 0.2) is 0 Å². The van der Waals surface area contributed by atoms with Gasteiger partial charge in [0.05, 0.1) is 11.4 Å². The number of primary amides is 1. The number of hydrogen-bond donors (Lipinski definition) is 1. The third kappa shape index (κ3) is 3.72. The third-order valence-electron chi connectivity index (χ3n) is 4.29. The molecule has 1 aliphatic rings. The van der Waals surface area contributed by atoms with Crippen molar-refractivity contribution < 1.29 is 9.59 Å². The van der Waals surface area contributed by atoms with E-state index < -0.39 is 5.91 Å². The molecule has 2 amide bonds. The average molecular weight is 301 g/mol. The summed E-state index contributed by atoms with van der Waals surface area (Å²) in [6.45, 7) is 3.62. The van der Waals surface area contributed by atoms with Crippen LogP contribution in [0.5, 0.6) is 0 Å². The van der Waals surface area contributed by atoms with E-state index in [9.17, 15) is 9.59 Å². The minimum absolute atomic E-state index is 0.105. The predicted molar refractivity (Wildman–Crippen MR) is 88.4 cm³/mol. The molecule has 0 bridgehead atoms. The first-order chi connectivity index (χ1) is 10.5. The van der Waals surface area contributed by atoms with E-state index in [0.717, 1.165) is 12.8 Å². The van der Waals surface area contributed by atoms with E-state index in [1.54, 1.807) is 17.9 Å². The highest BCUT2D eigenvalue weighted by molar-refractivity contribution is 6.37. The fraction of sp³-hybridized carbons (Fsp3) is 0.471. The molecule has 2 N–H and O–H groups in total. The Morgan fingerprint density at radius 3 is 2.68 bits per heavy atom. The first-order valence-electron chi connectivity index (χ1n) is 7.70. The number of amides is 2. The first kappa shape index (κ1) is 16.2. The van der Waals surface area contributed by atoms with Crippen LogP contribution >= 0.6 is 0 Å². The topological polar surface area (TPSA) is 75.8 Å². The number of anilines is 1. The van der Waals surface area contributed by atoms with Gasteiger partial charge in [-0.2, -0.15) is 0 Å². The molecule has 0 heterocycles. The summed E-state index contributed by atoms with van der Waals surface area (Å²) in [6, 6.07) is 7.43. The molecule has 0 radical (unpaired) electrons. The number of carbonyl (C=O) groups excluding carboxylic acids is 2. The van der Waals surface area contributed by atoms with E-state index in [4.69, 9.17) is 5.73 Å². The molecule has 1 fully saturated rings. The molecule has 1 saturated carbocycles. The lowest BCUT2D eigenvalue weighted by Gasteiger charge is -2.33. The van der Waals surface area contributed by atoms with Crippen LogP contribution in [-0.2, 0) is 9.59 Å². The minimum Gasteiger partial charge on any atom is -0.365 e. The van der Waals surface area contributed by atoms with Crippen molar-refractivity contribution in [3.8, 4) is 0 Å². The summed E-state index contributed by atoms with van der Waals surface area (Å²) in [4.78, 5) is 28.7. The standard InChI is InChI=1S/C17H23N3O2/c1-12(10-14-6-5-7-14)20(11-21)16-9-4-3-8-15(16)19-13(2)17(18)22/h3-4,8-9,11-12,14H,5-7,10H2,1-2H3,(H2,18,22)/b19-13+/t12-/m0/s1. The lowest BCUT2D eigenvalue weighted by Crippen LogP contribution is -2.34. The highest BCUT2D eigenvalue weighted by Gasteiger charge is 2.24. The van der Waals surface area contributed by atoms with Crippen LogP contribution in [0.3, 0.4) is 0 Å². The normalized spacial score (nSPS) is 16.7. The monoisotopic (exact) mass is 301 g/mol. The van der Waals surface area contributed by atoms with Gasteiger partial charge in [-0.3, -0.25) is 9.59 Å². The fourth-order valence-electron chi connectivity index (χ4n) is 2.74. The summed E-state index contributed by atoms with van der Waals surface area (Å²) in [5.41, 5.74) is 6.77. The Bertz CT molecular complexity index is 579. The second-order valence-electron chi connectivity index (χ2n) is 5.94. The van der Waals surface area contributed by atoms with Crippen LogP contribution in [0.2, 0.25) is 0 Å². The van der Waals surface area contributed by atoms with Gasteiger partial charge >= 0.3 is 0 Å². The summed E-state index contributed by atoms with van der Waals surface area (Å²) in [5, 5.41) is 0. The van der Waals surface area contributed by atoms with Crippen LogP contribution in [0.1, 0.15) is 39.5 Å². The molecule has 0 spiro atoms. The maximum atomic E-state index is 11.6. The molecule has 1 atom stereocenters. The maximum absolute atomic E-state index is 11.6. The summed E-state index contributed by atoms with van der Waals surface area (Å²) >= 11 is 0. The Morgan fingerprint density at radius 1 is 1.45 bits per heavy atom. The number of nitrogens with two attached hydrogens (primary N) is 1. The van der Waals surface area contributed by atoms with Gasteiger partial charge in [-0.25, -0.2) is 4.99 Å². The number of aliphatic imine (C=N–C) groups is 1. The Labute approximate surface area is 131 Å². The zero-order valence-corrected chi connectivity index (χ0v) is 13.2. The van der Waals surface area contributed by atoms with Crippen molar-refractivity contribution in [1.82, 2.24) is 0 Å². The highest BCUT2D eigenvalue weighted by atomic mass is 16.1. The minimum atomic E-state index is -0.560. The largest absolute Gasteiger partial charge is 0.365 e. The van der Waals surface area contributed by atoms with Crippen molar-refractivity contribution in [2.75, 3.05) is 4.90 Å². The van der Waals surface area contributed by atoms with Gasteiger partial charge in [0.1, 0.15) is 5.71 Å². The molecule has 5 heteroatoms. The predicted octanol–water partition coefficient (Wildman–Crippen LogP) is 2.81. The molecule has 1 aliphatic carbocycles. The fourth-order valence-corrected chi connectivity index (χ4v) is 2.74. The van der Waals surface area contributed by atoms with Crippen LogP contribution in [0, 0.1) is 5.92 Å². The van der Waals surface area contributed by atoms with Gasteiger partial charge in [0.25, 0.3) is 5.91 Å². The summed E-state index contributed by atoms with van der Waals surface area (Å²) in [7, 11) is 0. The van der Waals surface area contributed by atoms with Gasteiger partial charge < -0.3 is 10.6 Å². The number of para-hydroxylation sites is 2. The molecule has 5 nitrogen and oxygen atoms in total. The van der Waals surface area contributed by atoms with Crippen molar-refractivity contribution in [2.45, 2.75) is 45.6 Å². The molecule has 2 rings (SSSR count). The van der Waals surface area contributed by atoms with Crippen LogP contribution < -0.4 is 10.6 Å². The average Bonchev–Trinajstić information content (AvgIpc) is 2.45. The van der Waals surface area contributed by atoms with E-state index in [1.165, 1.54) is 19.3 Å². The van der Waals surface area contributed by atoms with Gasteiger partial charge in [0, 0.05) is 6.04 Å². The van der Waals surface area contributed by atoms with Gasteiger partial charge in [-0.05, 0) is 38.3 Å². The van der Waals surface area contributed by atoms with Crippen molar-refractivity contribution >= 4 is 29.4 Å². The van der Waals surface area contributed by atoms with Gasteiger partial charge in [0.2, 0.25) is 6.41 Å². The lowest BCUT2D eigenvalue weighted by atomic mass is 9.81. The second-order valence-corrected chi connectivity index (χ2v) is 5.94. The van der Waals surface area contributed by atoms with Crippen LogP contribution in [-0.4, -0.2) is 24.1 Å². The number of carbonyl (C=O) groups is 2. The van der Waals surface area contributed by atoms with Crippen molar-refractivity contribution in [1.29, 1.82) is 0 Å². The van der Waals surface area contributed by atoms with E-state index in [-0.39, 0.29) is 11.8 Å². The SMILES string of the molecule is C/C(=N\c1ccccc1N(C=O)[C@@H](C)CC1CCC1)C(N)=O. The smallest absolute Gasteiger partial charge is 0.262 e. The molecule has 0 aliphatic heterocycles. The van der Waals surface area contributed by atoms with Crippen molar-refractivity contribution in [3.63, 3.8) is 0 Å². The number of hydrogen-bond acceptors (Lipinski definition) is 3. The van der Waals surface area contributed by atoms with Crippen LogP contribution in [0.25, 0.3) is 0 Å². The second kappa shape index (κ2) is 7.20. The number of nitrogens with zero attached hydrogens (tertiary/aromatic N) is 2. The molecule has 22 heavy (non-hydrogen) atoms. The Hall–Kier alpha value is -2.17. The first-order valence-corrected chi connectivity index (χ1v) is 7.70. The van der Waals surface area contributed by atoms with Crippen LogP contribution in [0.15, 0.2) is 29.3 Å². The molecule has 1 aromatic carbocycles. The third-order valence-corrected chi connectivity index (χ3v) is 4.29. The number of rotatable bonds is 7. The van der Waals surface area contributed by atoms with Gasteiger partial charge in [-0.15, -0.1) is 0 Å². The quantitative estimate of drug-likeness (QED) is 0.621. The number of benzene rings is 1. The summed E-state index contributed by atoms with van der Waals surface area (Å²) < 4.78 is 0. The van der Waals surface area contributed by atoms with E-state index in [0.29, 0.717) is 17.3 Å². The molecule has 118 valence electrons. The van der Waals surface area contributed by atoms with E-state index in [1.807, 2.05) is 25.1 Å². The molecule has 0 saturated heterocycles. The molecule has 0 aromatic heterocycles. The van der Waals surface area contributed by atoms with E-state index in [2.05, 4.69) is 4.99 Å². The molecule has 0 unspecified atom stereocenters. The zero-order valence-electron chi connectivity index (χ0n) is 13.2. The highest BCUT2D eigenvalue weighted by Crippen LogP contribution is 2.34. The Kier molecular flexibility index (Phi) is 5.31. The van der Waals surface area contributed by atoms with Crippen molar-refractivity contribution in [2.24, 2.45) is 16.6 Å². The molecular formula is C17H23N3O2. The van der Waals surface area contributed by atoms with Crippen molar-refractivity contribution in [3.05, 3.63) is 24.3 Å². The maximum Gasteiger partial charge on any atom is 0.262 e. The Morgan fingerprint density at radius 2 is 2.14 bits per heavy atom. The lowest BCUT2D eigenvalue weighted by molar-refractivity contribution is -0.112. The summed E-state index contributed by atoms with van der Waals surface area (Å²) in [6.07, 6.45) is 5.62. The summed E-state index contributed by atoms with van der Waals surface area (Å²) in [5.74, 6) is 0.149. The Balaban J connectivity index is 2.26. The van der Waals surface area contributed by atoms with Gasteiger partial charge in [-0.1, -0.05) is 31.4 Å². The zero-order chi connectivity index (χ0) is 16.1. The molecular weight excluding hydrogens is 278 g/mol. The van der Waals surface area contributed by atoms with Crippen LogP contribution in [0.4, 0.5) is 11.4 Å². The van der Waals surface area contributed by atoms with E-state index >= 15 is 0 Å².